The van der Waals surface area contributed by atoms with Gasteiger partial charge in [-0.2, -0.15) is 13.2 Å². The Bertz CT molecular complexity index is 472. The molecular formula is C13H13ClF3N. The van der Waals surface area contributed by atoms with E-state index < -0.39 is 11.7 Å². The average Bonchev–Trinajstić information content (AvgIpc) is 2.32. The first-order valence-electron chi connectivity index (χ1n) is 6.04. The van der Waals surface area contributed by atoms with Crippen molar-refractivity contribution >= 4 is 17.3 Å². The monoisotopic (exact) mass is 275 g/mol. The first-order valence-corrected chi connectivity index (χ1v) is 6.48. The lowest BCUT2D eigenvalue weighted by atomic mass is 9.85. The van der Waals surface area contributed by atoms with Crippen molar-refractivity contribution in [3.8, 4) is 0 Å². The number of hydrogen-bond donors (Lipinski definition) is 0. The zero-order chi connectivity index (χ0) is 12.9. The summed E-state index contributed by atoms with van der Waals surface area (Å²) in [5.41, 5.74) is 1.17. The van der Waals surface area contributed by atoms with E-state index in [2.05, 4.69) is 4.90 Å². The molecule has 0 saturated carbocycles. The molecule has 1 aromatic rings. The van der Waals surface area contributed by atoms with Crippen LogP contribution in [0.25, 0.3) is 0 Å². The van der Waals surface area contributed by atoms with Gasteiger partial charge in [0.05, 0.1) is 5.56 Å². The third-order valence-electron chi connectivity index (χ3n) is 3.87. The lowest BCUT2D eigenvalue weighted by Crippen LogP contribution is -2.45. The molecule has 98 valence electrons. The summed E-state index contributed by atoms with van der Waals surface area (Å²) < 4.78 is 38.1. The van der Waals surface area contributed by atoms with Gasteiger partial charge in [0.2, 0.25) is 0 Å². The molecule has 0 N–H and O–H groups in total. The largest absolute Gasteiger partial charge is 0.416 e. The summed E-state index contributed by atoms with van der Waals surface area (Å²) in [4.78, 5) is 2.16. The molecule has 1 saturated heterocycles. The van der Waals surface area contributed by atoms with Crippen molar-refractivity contribution in [1.82, 2.24) is 0 Å². The molecule has 1 fully saturated rings. The molecule has 0 amide bonds. The van der Waals surface area contributed by atoms with Crippen molar-refractivity contribution in [3.05, 3.63) is 29.3 Å². The van der Waals surface area contributed by atoms with Gasteiger partial charge in [-0.05, 0) is 42.5 Å². The Morgan fingerprint density at radius 2 is 2.06 bits per heavy atom. The van der Waals surface area contributed by atoms with Crippen LogP contribution in [-0.4, -0.2) is 18.5 Å². The minimum absolute atomic E-state index is 0.0870. The van der Waals surface area contributed by atoms with E-state index in [1.54, 1.807) is 6.07 Å². The summed E-state index contributed by atoms with van der Waals surface area (Å²) in [5, 5.41) is 0.0870. The van der Waals surface area contributed by atoms with Crippen molar-refractivity contribution in [2.45, 2.75) is 24.4 Å². The average molecular weight is 276 g/mol. The van der Waals surface area contributed by atoms with Crippen LogP contribution in [0, 0.1) is 5.92 Å². The fourth-order valence-corrected chi connectivity index (χ4v) is 3.20. The van der Waals surface area contributed by atoms with E-state index in [0.717, 1.165) is 30.8 Å². The Morgan fingerprint density at radius 3 is 2.78 bits per heavy atom. The van der Waals surface area contributed by atoms with Crippen LogP contribution < -0.4 is 4.90 Å². The second kappa shape index (κ2) is 4.05. The SMILES string of the molecule is FC(F)(F)c1ccc2c(c1)C[C@@H]1CN2CC[C@H]1Cl. The normalized spacial score (nSPS) is 27.0. The Kier molecular flexibility index (Phi) is 2.73. The lowest BCUT2D eigenvalue weighted by Gasteiger charge is -2.43. The van der Waals surface area contributed by atoms with Crippen molar-refractivity contribution in [3.63, 3.8) is 0 Å². The molecule has 3 rings (SSSR count). The molecule has 0 aromatic heterocycles. The van der Waals surface area contributed by atoms with E-state index in [0.29, 0.717) is 6.42 Å². The number of rotatable bonds is 0. The first kappa shape index (κ1) is 12.2. The van der Waals surface area contributed by atoms with Crippen LogP contribution in [0.5, 0.6) is 0 Å². The Morgan fingerprint density at radius 1 is 1.28 bits per heavy atom. The molecule has 2 bridgehead atoms. The van der Waals surface area contributed by atoms with Gasteiger partial charge in [0, 0.05) is 24.2 Å². The first-order chi connectivity index (χ1) is 8.45. The highest BCUT2D eigenvalue weighted by Crippen LogP contribution is 2.40. The number of anilines is 1. The summed E-state index contributed by atoms with van der Waals surface area (Å²) in [5.74, 6) is 0.274. The molecule has 2 aliphatic rings. The molecule has 2 atom stereocenters. The predicted molar refractivity (Wildman–Crippen MR) is 65.1 cm³/mol. The Balaban J connectivity index is 2.00. The van der Waals surface area contributed by atoms with Gasteiger partial charge in [-0.25, -0.2) is 0 Å². The van der Waals surface area contributed by atoms with Crippen LogP contribution in [0.3, 0.4) is 0 Å². The fraction of sp³-hybridized carbons (Fsp3) is 0.538. The van der Waals surface area contributed by atoms with Gasteiger partial charge in [-0.3, -0.25) is 0 Å². The Labute approximate surface area is 109 Å². The summed E-state index contributed by atoms with van der Waals surface area (Å²) in [6, 6.07) is 4.05. The zero-order valence-corrected chi connectivity index (χ0v) is 10.4. The third kappa shape index (κ3) is 1.96. The number of alkyl halides is 4. The molecule has 18 heavy (non-hydrogen) atoms. The van der Waals surface area contributed by atoms with E-state index in [4.69, 9.17) is 11.6 Å². The van der Waals surface area contributed by atoms with E-state index >= 15 is 0 Å². The number of hydrogen-bond acceptors (Lipinski definition) is 1. The van der Waals surface area contributed by atoms with Crippen LogP contribution in [0.1, 0.15) is 17.5 Å². The summed E-state index contributed by atoms with van der Waals surface area (Å²) in [7, 11) is 0. The van der Waals surface area contributed by atoms with Crippen LogP contribution in [0.2, 0.25) is 0 Å². The number of nitrogens with zero attached hydrogens (tertiary/aromatic N) is 1. The van der Waals surface area contributed by atoms with E-state index in [9.17, 15) is 13.2 Å². The van der Waals surface area contributed by atoms with Crippen molar-refractivity contribution in [1.29, 1.82) is 0 Å². The minimum atomic E-state index is -4.27. The Hall–Kier alpha value is -0.900. The quantitative estimate of drug-likeness (QED) is 0.653. The molecule has 0 aliphatic carbocycles. The number of fused-ring (bicyclic) bond motifs is 4. The van der Waals surface area contributed by atoms with E-state index in [1.807, 2.05) is 0 Å². The highest BCUT2D eigenvalue weighted by molar-refractivity contribution is 6.21. The standard InChI is InChI=1S/C13H13ClF3N/c14-11-3-4-18-7-9(11)5-8-6-10(13(15,16)17)1-2-12(8)18/h1-2,6,9,11H,3-5,7H2/t9-,11-/m1/s1. The molecule has 0 radical (unpaired) electrons. The smallest absolute Gasteiger partial charge is 0.371 e. The van der Waals surface area contributed by atoms with Crippen molar-refractivity contribution in [2.75, 3.05) is 18.0 Å². The van der Waals surface area contributed by atoms with Gasteiger partial charge in [0.25, 0.3) is 0 Å². The van der Waals surface area contributed by atoms with Crippen LogP contribution in [0.4, 0.5) is 18.9 Å². The molecule has 1 aromatic carbocycles. The fourth-order valence-electron chi connectivity index (χ4n) is 2.93. The minimum Gasteiger partial charge on any atom is -0.371 e. The van der Waals surface area contributed by atoms with Crippen molar-refractivity contribution < 1.29 is 13.2 Å². The van der Waals surface area contributed by atoms with Gasteiger partial charge in [0.15, 0.2) is 0 Å². The topological polar surface area (TPSA) is 3.24 Å². The molecular weight excluding hydrogens is 263 g/mol. The number of benzene rings is 1. The maximum atomic E-state index is 12.7. The molecule has 5 heteroatoms. The second-order valence-electron chi connectivity index (χ2n) is 5.06. The van der Waals surface area contributed by atoms with Gasteiger partial charge in [-0.1, -0.05) is 0 Å². The number of piperidine rings is 1. The van der Waals surface area contributed by atoms with Crippen LogP contribution >= 0.6 is 11.6 Å². The summed E-state index contributed by atoms with van der Waals surface area (Å²) >= 11 is 6.23. The summed E-state index contributed by atoms with van der Waals surface area (Å²) in [6.07, 6.45) is -2.70. The molecule has 0 spiro atoms. The van der Waals surface area contributed by atoms with Gasteiger partial charge < -0.3 is 4.90 Å². The van der Waals surface area contributed by atoms with Crippen molar-refractivity contribution in [2.24, 2.45) is 5.92 Å². The molecule has 2 aliphatic heterocycles. The van der Waals surface area contributed by atoms with Crippen LogP contribution in [0.15, 0.2) is 18.2 Å². The second-order valence-corrected chi connectivity index (χ2v) is 5.62. The molecule has 1 nitrogen and oxygen atoms in total. The van der Waals surface area contributed by atoms with Gasteiger partial charge in [0.1, 0.15) is 0 Å². The lowest BCUT2D eigenvalue weighted by molar-refractivity contribution is -0.137. The predicted octanol–water partition coefficient (Wildman–Crippen LogP) is 3.70. The maximum Gasteiger partial charge on any atom is 0.416 e. The van der Waals surface area contributed by atoms with Gasteiger partial charge in [-0.15, -0.1) is 11.6 Å². The van der Waals surface area contributed by atoms with Crippen LogP contribution in [-0.2, 0) is 12.6 Å². The van der Waals surface area contributed by atoms with Gasteiger partial charge >= 0.3 is 6.18 Å². The molecule has 2 heterocycles. The zero-order valence-electron chi connectivity index (χ0n) is 9.67. The molecule has 0 unspecified atom stereocenters. The summed E-state index contributed by atoms with van der Waals surface area (Å²) in [6.45, 7) is 1.70. The van der Waals surface area contributed by atoms with E-state index in [1.165, 1.54) is 12.1 Å². The highest BCUT2D eigenvalue weighted by Gasteiger charge is 2.36. The number of halogens is 4. The highest BCUT2D eigenvalue weighted by atomic mass is 35.5. The third-order valence-corrected chi connectivity index (χ3v) is 4.45. The maximum absolute atomic E-state index is 12.7. The van der Waals surface area contributed by atoms with E-state index in [-0.39, 0.29) is 11.3 Å².